The van der Waals surface area contributed by atoms with E-state index < -0.39 is 0 Å². The van der Waals surface area contributed by atoms with Gasteiger partial charge in [0.05, 0.1) is 11.4 Å². The Morgan fingerprint density at radius 3 is 1.00 bits per heavy atom. The Bertz CT molecular complexity index is 4410. The van der Waals surface area contributed by atoms with Crippen molar-refractivity contribution >= 4 is 63.3 Å². The molecule has 4 heterocycles. The second-order valence-corrected chi connectivity index (χ2v) is 20.6. The highest BCUT2D eigenvalue weighted by Gasteiger charge is 2.20. The zero-order valence-corrected chi connectivity index (χ0v) is 41.5. The molecule has 0 radical (unpaired) electrons. The summed E-state index contributed by atoms with van der Waals surface area (Å²) in [5.74, 6) is 1.43. The van der Waals surface area contributed by atoms with Gasteiger partial charge in [-0.3, -0.25) is 0 Å². The second-order valence-electron chi connectivity index (χ2n) is 18.6. The maximum absolute atomic E-state index is 5.37. The molecule has 10 aromatic carbocycles. The Hall–Kier alpha value is -9.20. The van der Waals surface area contributed by atoms with Gasteiger partial charge in [0.15, 0.2) is 11.6 Å². The Morgan fingerprint density at radius 2 is 0.527 bits per heavy atom. The van der Waals surface area contributed by atoms with Crippen LogP contribution in [0.3, 0.4) is 0 Å². The standard InChI is InChI=1S/C68H42N4S2/c1-3-15-43(16-4-1)45-31-35-47(36-32-45)63-61-57-27-7-9-29-59(57)73-67(61)72-66(69-63)56-26-14-24-54(42-56)52-22-12-20-50(40-52)49-19-11-21-51(39-49)53-23-13-25-55(41-53)64-62-58-28-8-10-30-60(58)74-68(62)71-65(70-64)48-37-33-46(34-38-48)44-17-5-2-6-18-44/h1-42H. The number of aromatic nitrogens is 4. The number of hydrogen-bond acceptors (Lipinski definition) is 6. The molecule has 0 aliphatic rings. The molecular formula is C68H42N4S2. The molecule has 6 heteroatoms. The van der Waals surface area contributed by atoms with Crippen LogP contribution < -0.4 is 0 Å². The van der Waals surface area contributed by atoms with Crippen LogP contribution in [0, 0.1) is 0 Å². The normalized spacial score (nSPS) is 11.5. The lowest BCUT2D eigenvalue weighted by molar-refractivity contribution is 1.24. The lowest BCUT2D eigenvalue weighted by Crippen LogP contribution is -1.94. The molecule has 346 valence electrons. The number of nitrogens with zero attached hydrogens (tertiary/aromatic N) is 4. The van der Waals surface area contributed by atoms with Gasteiger partial charge in [-0.05, 0) is 92.0 Å². The molecule has 14 rings (SSSR count). The highest BCUT2D eigenvalue weighted by molar-refractivity contribution is 7.26. The smallest absolute Gasteiger partial charge is 0.161 e. The van der Waals surface area contributed by atoms with E-state index in [0.717, 1.165) is 98.8 Å². The molecule has 4 nitrogen and oxygen atoms in total. The molecule has 0 fully saturated rings. The van der Waals surface area contributed by atoms with Crippen molar-refractivity contribution in [3.05, 3.63) is 255 Å². The van der Waals surface area contributed by atoms with Gasteiger partial charge in [-0.25, -0.2) is 19.9 Å². The largest absolute Gasteiger partial charge is 0.227 e. The molecule has 0 saturated heterocycles. The van der Waals surface area contributed by atoms with E-state index in [1.165, 1.54) is 36.9 Å². The average molecular weight is 979 g/mol. The first-order chi connectivity index (χ1) is 36.6. The van der Waals surface area contributed by atoms with Crippen molar-refractivity contribution < 1.29 is 0 Å². The third-order valence-corrected chi connectivity index (χ3v) is 16.1. The molecular weight excluding hydrogens is 937 g/mol. The Balaban J connectivity index is 0.797. The van der Waals surface area contributed by atoms with Gasteiger partial charge in [0, 0.05) is 53.2 Å². The van der Waals surface area contributed by atoms with Crippen molar-refractivity contribution in [3.8, 4) is 101 Å². The van der Waals surface area contributed by atoms with E-state index in [9.17, 15) is 0 Å². The van der Waals surface area contributed by atoms with E-state index in [1.807, 2.05) is 6.07 Å². The number of benzene rings is 10. The summed E-state index contributed by atoms with van der Waals surface area (Å²) in [7, 11) is 0. The molecule has 14 aromatic rings. The fourth-order valence-electron chi connectivity index (χ4n) is 10.3. The van der Waals surface area contributed by atoms with E-state index in [-0.39, 0.29) is 0 Å². The van der Waals surface area contributed by atoms with Crippen LogP contribution in [0.25, 0.3) is 142 Å². The summed E-state index contributed by atoms with van der Waals surface area (Å²) < 4.78 is 2.40. The van der Waals surface area contributed by atoms with E-state index in [1.54, 1.807) is 22.7 Å². The van der Waals surface area contributed by atoms with Gasteiger partial charge >= 0.3 is 0 Å². The molecule has 0 unspecified atom stereocenters. The van der Waals surface area contributed by atoms with Crippen molar-refractivity contribution in [2.45, 2.75) is 0 Å². The van der Waals surface area contributed by atoms with Gasteiger partial charge in [0.2, 0.25) is 0 Å². The van der Waals surface area contributed by atoms with Gasteiger partial charge in [-0.2, -0.15) is 0 Å². The SMILES string of the molecule is c1ccc(-c2ccc(-c3nc(-c4cccc(-c5cccc(-c6cccc(-c7cccc(-c8nc(-c9ccc(-c%10ccccc%10)cc9)c9c(n8)sc8ccccc89)c7)c6)c5)c4)c4c(n3)sc3ccccc34)cc2)cc1. The highest BCUT2D eigenvalue weighted by Crippen LogP contribution is 2.43. The fraction of sp³-hybridized carbons (Fsp3) is 0. The molecule has 0 spiro atoms. The lowest BCUT2D eigenvalue weighted by atomic mass is 9.94. The van der Waals surface area contributed by atoms with Crippen molar-refractivity contribution in [1.82, 2.24) is 19.9 Å². The number of thiophene rings is 2. The van der Waals surface area contributed by atoms with E-state index in [0.29, 0.717) is 5.82 Å². The van der Waals surface area contributed by atoms with E-state index in [2.05, 4.69) is 249 Å². The molecule has 0 aliphatic heterocycles. The van der Waals surface area contributed by atoms with Crippen molar-refractivity contribution in [2.75, 3.05) is 0 Å². The van der Waals surface area contributed by atoms with Gasteiger partial charge in [-0.1, -0.05) is 218 Å². The maximum Gasteiger partial charge on any atom is 0.161 e. The molecule has 0 N–H and O–H groups in total. The van der Waals surface area contributed by atoms with Crippen LogP contribution in [-0.4, -0.2) is 19.9 Å². The van der Waals surface area contributed by atoms with Crippen LogP contribution in [0.15, 0.2) is 255 Å². The minimum Gasteiger partial charge on any atom is -0.227 e. The summed E-state index contributed by atoms with van der Waals surface area (Å²) >= 11 is 3.44. The summed E-state index contributed by atoms with van der Waals surface area (Å²) in [6.07, 6.45) is 0. The van der Waals surface area contributed by atoms with Crippen molar-refractivity contribution in [2.24, 2.45) is 0 Å². The van der Waals surface area contributed by atoms with E-state index in [4.69, 9.17) is 19.9 Å². The first-order valence-electron chi connectivity index (χ1n) is 24.8. The summed E-state index contributed by atoms with van der Waals surface area (Å²) in [5.41, 5.74) is 17.4. The number of fused-ring (bicyclic) bond motifs is 6. The molecule has 0 aliphatic carbocycles. The number of hydrogen-bond donors (Lipinski definition) is 0. The lowest BCUT2D eigenvalue weighted by Gasteiger charge is -2.12. The van der Waals surface area contributed by atoms with Crippen LogP contribution in [0.1, 0.15) is 0 Å². The summed E-state index contributed by atoms with van der Waals surface area (Å²) in [5, 5.41) is 4.53. The summed E-state index contributed by atoms with van der Waals surface area (Å²) in [4.78, 5) is 23.2. The Labute approximate surface area is 436 Å². The molecule has 0 atom stereocenters. The van der Waals surface area contributed by atoms with Crippen LogP contribution in [-0.2, 0) is 0 Å². The third-order valence-electron chi connectivity index (χ3n) is 14.0. The van der Waals surface area contributed by atoms with Crippen LogP contribution in [0.4, 0.5) is 0 Å². The van der Waals surface area contributed by atoms with Crippen molar-refractivity contribution in [1.29, 1.82) is 0 Å². The van der Waals surface area contributed by atoms with Gasteiger partial charge in [0.1, 0.15) is 9.66 Å². The molecule has 74 heavy (non-hydrogen) atoms. The Kier molecular flexibility index (Phi) is 10.9. The minimum atomic E-state index is 0.711. The Morgan fingerprint density at radius 1 is 0.216 bits per heavy atom. The van der Waals surface area contributed by atoms with Crippen LogP contribution >= 0.6 is 22.7 Å². The quantitative estimate of drug-likeness (QED) is 0.145. The molecule has 0 bridgehead atoms. The maximum atomic E-state index is 5.37. The van der Waals surface area contributed by atoms with Gasteiger partial charge < -0.3 is 0 Å². The highest BCUT2D eigenvalue weighted by atomic mass is 32.1. The molecule has 0 amide bonds. The zero-order valence-electron chi connectivity index (χ0n) is 39.9. The van der Waals surface area contributed by atoms with Crippen LogP contribution in [0.5, 0.6) is 0 Å². The monoisotopic (exact) mass is 978 g/mol. The van der Waals surface area contributed by atoms with E-state index >= 15 is 0 Å². The zero-order chi connectivity index (χ0) is 49.0. The second kappa shape index (κ2) is 18.4. The first kappa shape index (κ1) is 43.6. The first-order valence-corrected chi connectivity index (χ1v) is 26.4. The predicted molar refractivity (Wildman–Crippen MR) is 312 cm³/mol. The predicted octanol–water partition coefficient (Wildman–Crippen LogP) is 19.0. The van der Waals surface area contributed by atoms with Crippen molar-refractivity contribution in [3.63, 3.8) is 0 Å². The topological polar surface area (TPSA) is 51.6 Å². The average Bonchev–Trinajstić information content (AvgIpc) is 4.07. The van der Waals surface area contributed by atoms with Gasteiger partial charge in [-0.15, -0.1) is 22.7 Å². The van der Waals surface area contributed by atoms with Gasteiger partial charge in [0.25, 0.3) is 0 Å². The molecule has 0 saturated carbocycles. The fourth-order valence-corrected chi connectivity index (χ4v) is 12.4. The molecule has 4 aromatic heterocycles. The third kappa shape index (κ3) is 8.03. The number of rotatable bonds is 9. The summed E-state index contributed by atoms with van der Waals surface area (Å²) in [6.45, 7) is 0. The summed E-state index contributed by atoms with van der Waals surface area (Å²) in [6, 6.07) is 90.6. The van der Waals surface area contributed by atoms with Crippen LogP contribution in [0.2, 0.25) is 0 Å². The minimum absolute atomic E-state index is 0.711.